The number of hydrogen-bond donors (Lipinski definition) is 1. The number of sulfonamides is 1. The first-order chi connectivity index (χ1) is 9.00. The molecule has 1 aromatic carbocycles. The zero-order valence-electron chi connectivity index (χ0n) is 10.4. The largest absolute Gasteiger partial charge is 0.465 e. The van der Waals surface area contributed by atoms with E-state index in [0.29, 0.717) is 0 Å². The molecule has 6 nitrogen and oxygen atoms in total. The van der Waals surface area contributed by atoms with Gasteiger partial charge in [0.25, 0.3) is 0 Å². The lowest BCUT2D eigenvalue weighted by Crippen LogP contribution is -2.51. The van der Waals surface area contributed by atoms with Crippen molar-refractivity contribution in [3.63, 3.8) is 0 Å². The van der Waals surface area contributed by atoms with Crippen LogP contribution in [0.1, 0.15) is 10.4 Å². The number of hydrogen-bond acceptors (Lipinski definition) is 5. The molecule has 0 radical (unpaired) electrons. The van der Waals surface area contributed by atoms with Crippen LogP contribution < -0.4 is 0 Å². The summed E-state index contributed by atoms with van der Waals surface area (Å²) >= 11 is 0. The predicted octanol–water partition coefficient (Wildman–Crippen LogP) is 0.0860. The Balaban J connectivity index is 2.34. The van der Waals surface area contributed by atoms with Crippen LogP contribution in [0.4, 0.5) is 0 Å². The van der Waals surface area contributed by atoms with E-state index < -0.39 is 16.0 Å². The zero-order chi connectivity index (χ0) is 14.0. The van der Waals surface area contributed by atoms with Gasteiger partial charge in [-0.25, -0.2) is 13.2 Å². The molecule has 1 aromatic rings. The summed E-state index contributed by atoms with van der Waals surface area (Å²) in [7, 11) is -2.50. The molecule has 7 heteroatoms. The molecular formula is C12H15NO5S. The quantitative estimate of drug-likeness (QED) is 0.792. The second kappa shape index (κ2) is 5.28. The summed E-state index contributed by atoms with van der Waals surface area (Å²) in [6.45, 7) is 0.507. The minimum atomic E-state index is -3.71. The van der Waals surface area contributed by atoms with Gasteiger partial charge in [0, 0.05) is 25.6 Å². The third kappa shape index (κ3) is 2.49. The van der Waals surface area contributed by atoms with Crippen LogP contribution in [0.15, 0.2) is 29.2 Å². The third-order valence-electron chi connectivity index (χ3n) is 3.09. The maximum Gasteiger partial charge on any atom is 0.339 e. The molecule has 104 valence electrons. The molecule has 19 heavy (non-hydrogen) atoms. The summed E-state index contributed by atoms with van der Waals surface area (Å²) in [6, 6.07) is 5.94. The molecular weight excluding hydrogens is 270 g/mol. The Kier molecular flexibility index (Phi) is 3.88. The number of aliphatic hydroxyl groups excluding tert-OH is 1. The van der Waals surface area contributed by atoms with Gasteiger partial charge in [-0.15, -0.1) is 0 Å². The van der Waals surface area contributed by atoms with Gasteiger partial charge in [-0.2, -0.15) is 4.31 Å². The molecule has 0 aromatic heterocycles. The van der Waals surface area contributed by atoms with E-state index in [1.54, 1.807) is 12.1 Å². The number of methoxy groups -OCH3 is 1. The zero-order valence-corrected chi connectivity index (χ0v) is 11.3. The molecule has 0 bridgehead atoms. The molecule has 0 atom stereocenters. The normalized spacial score (nSPS) is 16.9. The maximum atomic E-state index is 12.4. The highest BCUT2D eigenvalue weighted by atomic mass is 32.2. The second-order valence-electron chi connectivity index (χ2n) is 4.36. The Labute approximate surface area is 111 Å². The monoisotopic (exact) mass is 285 g/mol. The lowest BCUT2D eigenvalue weighted by molar-refractivity contribution is 0.0595. The van der Waals surface area contributed by atoms with E-state index in [1.165, 1.54) is 23.5 Å². The van der Waals surface area contributed by atoms with Crippen LogP contribution in [0.5, 0.6) is 0 Å². The molecule has 1 aliphatic rings. The smallest absolute Gasteiger partial charge is 0.339 e. The van der Waals surface area contributed by atoms with Crippen LogP contribution in [0.2, 0.25) is 0 Å². The number of benzene rings is 1. The highest BCUT2D eigenvalue weighted by Crippen LogP contribution is 2.27. The van der Waals surface area contributed by atoms with Gasteiger partial charge >= 0.3 is 5.97 Å². The summed E-state index contributed by atoms with van der Waals surface area (Å²) in [6.07, 6.45) is 0. The Morgan fingerprint density at radius 3 is 2.63 bits per heavy atom. The maximum absolute atomic E-state index is 12.4. The van der Waals surface area contributed by atoms with Gasteiger partial charge in [0.05, 0.1) is 17.6 Å². The highest BCUT2D eigenvalue weighted by Gasteiger charge is 2.38. The molecule has 1 N–H and O–H groups in total. The Bertz CT molecular complexity index is 578. The first-order valence-corrected chi connectivity index (χ1v) is 7.23. The van der Waals surface area contributed by atoms with Gasteiger partial charge in [-0.1, -0.05) is 12.1 Å². The highest BCUT2D eigenvalue weighted by molar-refractivity contribution is 7.89. The van der Waals surface area contributed by atoms with Gasteiger partial charge in [-0.05, 0) is 12.1 Å². The van der Waals surface area contributed by atoms with Crippen LogP contribution in [0.25, 0.3) is 0 Å². The van der Waals surface area contributed by atoms with Crippen molar-refractivity contribution in [3.05, 3.63) is 29.8 Å². The first-order valence-electron chi connectivity index (χ1n) is 5.79. The number of carbonyl (C=O) groups excluding carboxylic acids is 1. The minimum Gasteiger partial charge on any atom is -0.465 e. The first kappa shape index (κ1) is 14.0. The molecule has 1 fully saturated rings. The Hall–Kier alpha value is -1.44. The number of rotatable bonds is 4. The van der Waals surface area contributed by atoms with Crippen molar-refractivity contribution in [2.45, 2.75) is 4.90 Å². The summed E-state index contributed by atoms with van der Waals surface area (Å²) in [5, 5.41) is 8.93. The molecule has 2 rings (SSSR count). The van der Waals surface area contributed by atoms with Crippen LogP contribution in [-0.2, 0) is 14.8 Å². The van der Waals surface area contributed by atoms with Gasteiger partial charge in [-0.3, -0.25) is 0 Å². The van der Waals surface area contributed by atoms with E-state index >= 15 is 0 Å². The van der Waals surface area contributed by atoms with Gasteiger partial charge < -0.3 is 9.84 Å². The van der Waals surface area contributed by atoms with Crippen molar-refractivity contribution < 1.29 is 23.1 Å². The predicted molar refractivity (Wildman–Crippen MR) is 67.1 cm³/mol. The van der Waals surface area contributed by atoms with Crippen molar-refractivity contribution in [2.24, 2.45) is 5.92 Å². The topological polar surface area (TPSA) is 83.9 Å². The molecule has 1 aliphatic heterocycles. The Morgan fingerprint density at radius 2 is 2.05 bits per heavy atom. The fourth-order valence-electron chi connectivity index (χ4n) is 1.94. The van der Waals surface area contributed by atoms with Crippen molar-refractivity contribution in [1.82, 2.24) is 4.31 Å². The molecule has 0 spiro atoms. The SMILES string of the molecule is COC(=O)c1ccccc1S(=O)(=O)N1CC(CO)C1. The van der Waals surface area contributed by atoms with Crippen molar-refractivity contribution >= 4 is 16.0 Å². The average Bonchev–Trinajstić information content (AvgIpc) is 2.36. The number of esters is 1. The van der Waals surface area contributed by atoms with Gasteiger partial charge in [0.1, 0.15) is 0 Å². The second-order valence-corrected chi connectivity index (χ2v) is 6.26. The third-order valence-corrected chi connectivity index (χ3v) is 4.98. The van der Waals surface area contributed by atoms with Crippen LogP contribution in [0, 0.1) is 5.92 Å². The van der Waals surface area contributed by atoms with E-state index in [2.05, 4.69) is 4.74 Å². The summed E-state index contributed by atoms with van der Waals surface area (Å²) in [4.78, 5) is 11.5. The summed E-state index contributed by atoms with van der Waals surface area (Å²) in [5.74, 6) is -0.710. The van der Waals surface area contributed by atoms with E-state index in [0.717, 1.165) is 0 Å². The van der Waals surface area contributed by atoms with Crippen molar-refractivity contribution in [2.75, 3.05) is 26.8 Å². The van der Waals surface area contributed by atoms with Crippen LogP contribution in [0.3, 0.4) is 0 Å². The lowest BCUT2D eigenvalue weighted by Gasteiger charge is -2.37. The number of carbonyl (C=O) groups is 1. The molecule has 0 saturated carbocycles. The van der Waals surface area contributed by atoms with E-state index in [4.69, 9.17) is 5.11 Å². The number of nitrogens with zero attached hydrogens (tertiary/aromatic N) is 1. The lowest BCUT2D eigenvalue weighted by atomic mass is 10.1. The van der Waals surface area contributed by atoms with Crippen LogP contribution >= 0.6 is 0 Å². The summed E-state index contributed by atoms with van der Waals surface area (Å²) < 4.78 is 30.5. The van der Waals surface area contributed by atoms with E-state index in [1.807, 2.05) is 0 Å². The van der Waals surface area contributed by atoms with Crippen molar-refractivity contribution in [3.8, 4) is 0 Å². The molecule has 1 saturated heterocycles. The number of aliphatic hydroxyl groups is 1. The fraction of sp³-hybridized carbons (Fsp3) is 0.417. The number of ether oxygens (including phenoxy) is 1. The van der Waals surface area contributed by atoms with Crippen LogP contribution in [-0.4, -0.2) is 50.6 Å². The molecule has 0 unspecified atom stereocenters. The molecule has 0 aliphatic carbocycles. The van der Waals surface area contributed by atoms with Gasteiger partial charge in [0.15, 0.2) is 0 Å². The van der Waals surface area contributed by atoms with Crippen molar-refractivity contribution in [1.29, 1.82) is 0 Å². The fourth-order valence-corrected chi connectivity index (χ4v) is 3.72. The van der Waals surface area contributed by atoms with E-state index in [-0.39, 0.29) is 36.1 Å². The van der Waals surface area contributed by atoms with Gasteiger partial charge in [0.2, 0.25) is 10.0 Å². The van der Waals surface area contributed by atoms with E-state index in [9.17, 15) is 13.2 Å². The average molecular weight is 285 g/mol. The summed E-state index contributed by atoms with van der Waals surface area (Å²) in [5.41, 5.74) is 0.0254. The molecule has 1 heterocycles. The Morgan fingerprint density at radius 1 is 1.42 bits per heavy atom. The minimum absolute atomic E-state index is 0.0254. The molecule has 0 amide bonds. The standard InChI is InChI=1S/C12H15NO5S/c1-18-12(15)10-4-2-3-5-11(10)19(16,17)13-6-9(7-13)8-14/h2-5,9,14H,6-8H2,1H3.